The highest BCUT2D eigenvalue weighted by molar-refractivity contribution is 5.81. The second-order valence-electron chi connectivity index (χ2n) is 15.2. The van der Waals surface area contributed by atoms with Crippen molar-refractivity contribution in [1.82, 2.24) is 4.90 Å². The Balaban J connectivity index is -0.000000626. The average Bonchev–Trinajstić information content (AvgIpc) is 3.12. The maximum absolute atomic E-state index is 11.5. The van der Waals surface area contributed by atoms with E-state index in [1.807, 2.05) is 67.5 Å². The molecule has 10 heteroatoms. The number of nitrogens with zero attached hydrogens (tertiary/aromatic N) is 1. The largest absolute Gasteiger partial charge is 0.464 e. The molecule has 0 heterocycles. The minimum absolute atomic E-state index is 0.100. The van der Waals surface area contributed by atoms with Crippen molar-refractivity contribution in [2.24, 2.45) is 16.2 Å². The second kappa shape index (κ2) is 27.2. The Hall–Kier alpha value is -3.50. The van der Waals surface area contributed by atoms with Gasteiger partial charge in [-0.2, -0.15) is 0 Å². The molecule has 0 amide bonds. The number of benzene rings is 1. The molecule has 0 radical (unpaired) electrons. The highest BCUT2D eigenvalue weighted by Gasteiger charge is 2.28. The number of esters is 4. The van der Waals surface area contributed by atoms with Crippen molar-refractivity contribution in [3.05, 3.63) is 61.2 Å². The molecular formula is C42H73NO9. The molecule has 1 atom stereocenters. The van der Waals surface area contributed by atoms with Crippen LogP contribution in [0.1, 0.15) is 114 Å². The monoisotopic (exact) mass is 736 g/mol. The minimum Gasteiger partial charge on any atom is -0.464 e. The number of aliphatic hydroxyl groups is 1. The first-order valence-electron chi connectivity index (χ1n) is 18.2. The topological polar surface area (TPSA) is 129 Å². The first-order valence-corrected chi connectivity index (χ1v) is 18.2. The summed E-state index contributed by atoms with van der Waals surface area (Å²) in [4.78, 5) is 46.9. The van der Waals surface area contributed by atoms with Gasteiger partial charge in [0.15, 0.2) is 0 Å². The quantitative estimate of drug-likeness (QED) is 0.0683. The van der Waals surface area contributed by atoms with E-state index in [1.165, 1.54) is 12.0 Å². The van der Waals surface area contributed by atoms with Crippen LogP contribution in [0.3, 0.4) is 0 Å². The van der Waals surface area contributed by atoms with Crippen molar-refractivity contribution in [3.8, 4) is 0 Å². The summed E-state index contributed by atoms with van der Waals surface area (Å²) in [5.41, 5.74) is 0.496. The Morgan fingerprint density at radius 1 is 0.692 bits per heavy atom. The molecule has 0 spiro atoms. The fourth-order valence-corrected chi connectivity index (χ4v) is 3.03. The Kier molecular flexibility index (Phi) is 27.6. The van der Waals surface area contributed by atoms with Gasteiger partial charge in [0.2, 0.25) is 0 Å². The van der Waals surface area contributed by atoms with Crippen molar-refractivity contribution < 1.29 is 43.2 Å². The number of ether oxygens (including phenoxy) is 4. The summed E-state index contributed by atoms with van der Waals surface area (Å²) in [6, 6.07) is 10.7. The zero-order valence-corrected chi connectivity index (χ0v) is 35.1. The van der Waals surface area contributed by atoms with Gasteiger partial charge >= 0.3 is 23.9 Å². The van der Waals surface area contributed by atoms with Gasteiger partial charge in [0.1, 0.15) is 32.5 Å². The Labute approximate surface area is 316 Å². The van der Waals surface area contributed by atoms with Crippen LogP contribution in [0.4, 0.5) is 0 Å². The third-order valence-electron chi connectivity index (χ3n) is 8.84. The molecule has 0 aliphatic rings. The zero-order valence-electron chi connectivity index (χ0n) is 35.1. The number of hydrogen-bond acceptors (Lipinski definition) is 10. The lowest BCUT2D eigenvalue weighted by molar-refractivity contribution is -0.159. The van der Waals surface area contributed by atoms with Crippen molar-refractivity contribution in [2.45, 2.75) is 120 Å². The first-order chi connectivity index (χ1) is 23.9. The summed E-state index contributed by atoms with van der Waals surface area (Å²) in [7, 11) is 3.91. The standard InChI is InChI=1S/C12H20O5.C11H16.C10H21NO2.C9H16O2/c1-5-10(14)16-7-9(13)8-17-11(15)12(3,4)6-2;1-4-11(2,3)10-8-6-5-7-9-10;1-6-10(2,3)9(12)13-8-7-11(4)5;1-5-7-11-8(10)9(3,4)6-2/h5,9,13H,1,6-8H2,2-4H3;5-9H,4H2,1-3H3;6-8H2,1-5H3;5H,1,6-7H2,2-4H3. The lowest BCUT2D eigenvalue weighted by atomic mass is 9.82. The maximum atomic E-state index is 11.5. The van der Waals surface area contributed by atoms with Gasteiger partial charge in [0, 0.05) is 12.6 Å². The van der Waals surface area contributed by atoms with Gasteiger partial charge in [0.05, 0.1) is 16.2 Å². The molecule has 0 aliphatic carbocycles. The molecule has 1 N–H and O–H groups in total. The zero-order chi connectivity index (χ0) is 41.2. The number of hydrogen-bond donors (Lipinski definition) is 1. The minimum atomic E-state index is -1.02. The molecule has 300 valence electrons. The van der Waals surface area contributed by atoms with E-state index >= 15 is 0 Å². The molecule has 1 aromatic carbocycles. The highest BCUT2D eigenvalue weighted by Crippen LogP contribution is 2.26. The molecular weight excluding hydrogens is 662 g/mol. The third-order valence-corrected chi connectivity index (χ3v) is 8.84. The van der Waals surface area contributed by atoms with Crippen LogP contribution in [0, 0.1) is 16.2 Å². The molecule has 0 fully saturated rings. The van der Waals surface area contributed by atoms with Crippen LogP contribution in [0.25, 0.3) is 0 Å². The van der Waals surface area contributed by atoms with Gasteiger partial charge in [-0.15, -0.1) is 0 Å². The van der Waals surface area contributed by atoms with Gasteiger partial charge in [-0.3, -0.25) is 14.4 Å². The van der Waals surface area contributed by atoms with Gasteiger partial charge in [-0.25, -0.2) is 4.79 Å². The van der Waals surface area contributed by atoms with Gasteiger partial charge in [0.25, 0.3) is 0 Å². The van der Waals surface area contributed by atoms with Gasteiger partial charge in [-0.05, 0) is 92.3 Å². The molecule has 1 aromatic rings. The summed E-state index contributed by atoms with van der Waals surface area (Å²) >= 11 is 0. The normalized spacial score (nSPS) is 11.8. The number of carbonyl (C=O) groups excluding carboxylic acids is 4. The van der Waals surface area contributed by atoms with Crippen molar-refractivity contribution in [2.75, 3.05) is 47.1 Å². The summed E-state index contributed by atoms with van der Waals surface area (Å²) in [6.45, 7) is 31.6. The van der Waals surface area contributed by atoms with Crippen molar-refractivity contribution >= 4 is 23.9 Å². The van der Waals surface area contributed by atoms with E-state index in [0.29, 0.717) is 25.0 Å². The molecule has 10 nitrogen and oxygen atoms in total. The number of rotatable bonds is 18. The van der Waals surface area contributed by atoms with Crippen LogP contribution in [-0.2, 0) is 43.5 Å². The van der Waals surface area contributed by atoms with Crippen molar-refractivity contribution in [1.29, 1.82) is 0 Å². The molecule has 1 unspecified atom stereocenters. The maximum Gasteiger partial charge on any atom is 0.330 e. The number of aliphatic hydroxyl groups excluding tert-OH is 1. The van der Waals surface area contributed by atoms with E-state index < -0.39 is 17.5 Å². The fraction of sp³-hybridized carbons (Fsp3) is 0.667. The SMILES string of the molecule is C=CC(=O)OCC(O)COC(=O)C(C)(C)CC.C=CCOC(=O)C(C)(C)CC.CCC(C)(C)C(=O)OCCN(C)C.CCC(C)(C)c1ccccc1. The van der Waals surface area contributed by atoms with E-state index in [2.05, 4.69) is 69.0 Å². The molecule has 1 rings (SSSR count). The fourth-order valence-electron chi connectivity index (χ4n) is 3.03. The van der Waals surface area contributed by atoms with E-state index in [1.54, 1.807) is 19.9 Å². The Morgan fingerprint density at radius 3 is 1.50 bits per heavy atom. The lowest BCUT2D eigenvalue weighted by Crippen LogP contribution is -2.31. The second-order valence-corrected chi connectivity index (χ2v) is 15.2. The average molecular weight is 736 g/mol. The number of likely N-dealkylation sites (N-methyl/N-ethyl adjacent to an activating group) is 1. The Morgan fingerprint density at radius 2 is 1.12 bits per heavy atom. The molecule has 0 bridgehead atoms. The van der Waals surface area contributed by atoms with Crippen LogP contribution in [-0.4, -0.2) is 87.1 Å². The van der Waals surface area contributed by atoms with Crippen LogP contribution in [0.5, 0.6) is 0 Å². The van der Waals surface area contributed by atoms with E-state index in [9.17, 15) is 24.3 Å². The predicted octanol–water partition coefficient (Wildman–Crippen LogP) is 8.11. The van der Waals surface area contributed by atoms with Gasteiger partial charge < -0.3 is 29.0 Å². The van der Waals surface area contributed by atoms with E-state index in [4.69, 9.17) is 14.2 Å². The third kappa shape index (κ3) is 24.6. The van der Waals surface area contributed by atoms with Crippen LogP contribution in [0.15, 0.2) is 55.6 Å². The Bertz CT molecular complexity index is 1170. The van der Waals surface area contributed by atoms with Gasteiger partial charge in [-0.1, -0.05) is 91.1 Å². The molecule has 0 aromatic heterocycles. The molecule has 0 aliphatic heterocycles. The molecule has 52 heavy (non-hydrogen) atoms. The summed E-state index contributed by atoms with van der Waals surface area (Å²) in [6.07, 6.45) is 5.00. The summed E-state index contributed by atoms with van der Waals surface area (Å²) in [5, 5.41) is 9.39. The van der Waals surface area contributed by atoms with Crippen LogP contribution < -0.4 is 0 Å². The predicted molar refractivity (Wildman–Crippen MR) is 211 cm³/mol. The van der Waals surface area contributed by atoms with E-state index in [-0.39, 0.29) is 42.0 Å². The number of carbonyl (C=O) groups is 4. The van der Waals surface area contributed by atoms with Crippen LogP contribution >= 0.6 is 0 Å². The molecule has 0 saturated heterocycles. The van der Waals surface area contributed by atoms with Crippen LogP contribution in [0.2, 0.25) is 0 Å². The summed E-state index contributed by atoms with van der Waals surface area (Å²) in [5.74, 6) is -1.25. The lowest BCUT2D eigenvalue weighted by Gasteiger charge is -2.22. The van der Waals surface area contributed by atoms with E-state index in [0.717, 1.165) is 25.5 Å². The smallest absolute Gasteiger partial charge is 0.330 e. The molecule has 0 saturated carbocycles. The van der Waals surface area contributed by atoms with Crippen molar-refractivity contribution in [3.63, 3.8) is 0 Å². The summed E-state index contributed by atoms with van der Waals surface area (Å²) < 4.78 is 19.5. The first kappa shape index (κ1) is 52.9. The highest BCUT2D eigenvalue weighted by atomic mass is 16.6.